The summed E-state index contributed by atoms with van der Waals surface area (Å²) in [6.07, 6.45) is -4.86. The van der Waals surface area contributed by atoms with E-state index in [0.717, 1.165) is 35.2 Å². The number of nitrogens with zero attached hydrogens (tertiary/aromatic N) is 2. The maximum atomic E-state index is 12.9. The minimum Gasteiger partial charge on any atom is -0.451 e. The summed E-state index contributed by atoms with van der Waals surface area (Å²) in [5.41, 5.74) is 1.33. The van der Waals surface area contributed by atoms with Gasteiger partial charge in [0.25, 0.3) is 5.91 Å². The Bertz CT molecular complexity index is 1240. The third kappa shape index (κ3) is 4.30. The highest BCUT2D eigenvalue weighted by atomic mass is 32.2. The average Bonchev–Trinajstić information content (AvgIpc) is 3.09. The van der Waals surface area contributed by atoms with Crippen molar-refractivity contribution in [3.05, 3.63) is 59.9 Å². The number of furan rings is 1. The van der Waals surface area contributed by atoms with Gasteiger partial charge in [0.05, 0.1) is 4.90 Å². The molecule has 0 atom stereocenters. The molecular formula is C21H19F3N2O5S. The van der Waals surface area contributed by atoms with E-state index in [0.29, 0.717) is 5.58 Å². The van der Waals surface area contributed by atoms with Crippen LogP contribution in [0.4, 0.5) is 13.2 Å². The SMILES string of the molecule is Cc1c(C(=O)N2CCN(S(=O)(=O)c3ccc(OC(F)(F)F)cc3)CC2)oc2ccccc12. The number of halogens is 3. The number of ether oxygens (including phenoxy) is 1. The Labute approximate surface area is 182 Å². The summed E-state index contributed by atoms with van der Waals surface area (Å²) in [5.74, 6) is -0.597. The molecule has 0 spiro atoms. The van der Waals surface area contributed by atoms with Crippen molar-refractivity contribution in [3.63, 3.8) is 0 Å². The van der Waals surface area contributed by atoms with E-state index < -0.39 is 22.1 Å². The first-order valence-electron chi connectivity index (χ1n) is 9.69. The highest BCUT2D eigenvalue weighted by molar-refractivity contribution is 7.89. The number of alkyl halides is 3. The molecule has 0 unspecified atom stereocenters. The standard InChI is InChI=1S/C21H19F3N2O5S/c1-14-17-4-2-3-5-18(17)30-19(14)20(27)25-10-12-26(13-11-25)32(28,29)16-8-6-15(7-9-16)31-21(22,23)24/h2-9H,10-13H2,1H3. The minimum absolute atomic E-state index is 0.0498. The molecule has 32 heavy (non-hydrogen) atoms. The van der Waals surface area contributed by atoms with Crippen LogP contribution in [-0.4, -0.2) is 56.1 Å². The highest BCUT2D eigenvalue weighted by Crippen LogP contribution is 2.28. The zero-order valence-electron chi connectivity index (χ0n) is 16.9. The molecular weight excluding hydrogens is 449 g/mol. The Morgan fingerprint density at radius 3 is 2.22 bits per heavy atom. The van der Waals surface area contributed by atoms with Crippen LogP contribution < -0.4 is 4.74 Å². The van der Waals surface area contributed by atoms with Gasteiger partial charge < -0.3 is 14.1 Å². The quantitative estimate of drug-likeness (QED) is 0.582. The summed E-state index contributed by atoms with van der Waals surface area (Å²) in [6, 6.07) is 11.3. The van der Waals surface area contributed by atoms with Gasteiger partial charge in [-0.25, -0.2) is 8.42 Å². The maximum absolute atomic E-state index is 12.9. The lowest BCUT2D eigenvalue weighted by Gasteiger charge is -2.33. The van der Waals surface area contributed by atoms with Gasteiger partial charge in [0, 0.05) is 37.1 Å². The van der Waals surface area contributed by atoms with E-state index in [1.807, 2.05) is 18.2 Å². The van der Waals surface area contributed by atoms with E-state index in [9.17, 15) is 26.4 Å². The normalized spacial score (nSPS) is 15.8. The van der Waals surface area contributed by atoms with Crippen LogP contribution in [0.1, 0.15) is 16.1 Å². The molecule has 1 fully saturated rings. The summed E-state index contributed by atoms with van der Waals surface area (Å²) >= 11 is 0. The molecule has 1 amide bonds. The predicted molar refractivity (Wildman–Crippen MR) is 109 cm³/mol. The van der Waals surface area contributed by atoms with E-state index in [1.54, 1.807) is 13.0 Å². The number of hydrogen-bond donors (Lipinski definition) is 0. The lowest BCUT2D eigenvalue weighted by molar-refractivity contribution is -0.274. The van der Waals surface area contributed by atoms with Gasteiger partial charge in [0.2, 0.25) is 10.0 Å². The van der Waals surface area contributed by atoms with Gasteiger partial charge in [-0.05, 0) is 37.3 Å². The summed E-state index contributed by atoms with van der Waals surface area (Å²) in [4.78, 5) is 14.3. The fourth-order valence-electron chi connectivity index (χ4n) is 3.62. The molecule has 1 aromatic heterocycles. The molecule has 1 aliphatic heterocycles. The number of aryl methyl sites for hydroxylation is 1. The van der Waals surface area contributed by atoms with Crippen molar-refractivity contribution < 1.29 is 35.5 Å². The van der Waals surface area contributed by atoms with Gasteiger partial charge in [-0.15, -0.1) is 13.2 Å². The Balaban J connectivity index is 1.44. The fraction of sp³-hybridized carbons (Fsp3) is 0.286. The molecule has 0 radical (unpaired) electrons. The summed E-state index contributed by atoms with van der Waals surface area (Å²) in [7, 11) is -3.93. The molecule has 11 heteroatoms. The lowest BCUT2D eigenvalue weighted by atomic mass is 10.1. The molecule has 2 aromatic carbocycles. The topological polar surface area (TPSA) is 80.1 Å². The number of hydrogen-bond acceptors (Lipinski definition) is 5. The molecule has 0 bridgehead atoms. The van der Waals surface area contributed by atoms with E-state index in [2.05, 4.69) is 4.74 Å². The molecule has 2 heterocycles. The van der Waals surface area contributed by atoms with Crippen LogP contribution in [-0.2, 0) is 10.0 Å². The van der Waals surface area contributed by atoms with E-state index in [1.165, 1.54) is 9.21 Å². The van der Waals surface area contributed by atoms with Crippen LogP contribution in [0.2, 0.25) is 0 Å². The number of rotatable bonds is 4. The second kappa shape index (κ2) is 8.14. The van der Waals surface area contributed by atoms with Crippen molar-refractivity contribution >= 4 is 26.9 Å². The summed E-state index contributed by atoms with van der Waals surface area (Å²) in [5, 5.41) is 0.843. The molecule has 3 aromatic rings. The maximum Gasteiger partial charge on any atom is 0.573 e. The molecule has 4 rings (SSSR count). The summed E-state index contributed by atoms with van der Waals surface area (Å²) in [6.45, 7) is 2.21. The van der Waals surface area contributed by atoms with Crippen molar-refractivity contribution in [1.82, 2.24) is 9.21 Å². The van der Waals surface area contributed by atoms with Gasteiger partial charge in [0.15, 0.2) is 5.76 Å². The van der Waals surface area contributed by atoms with Crippen molar-refractivity contribution in [2.24, 2.45) is 0 Å². The first kappa shape index (κ1) is 22.2. The Hall–Kier alpha value is -3.05. The number of fused-ring (bicyclic) bond motifs is 1. The van der Waals surface area contributed by atoms with E-state index >= 15 is 0 Å². The fourth-order valence-corrected chi connectivity index (χ4v) is 5.04. The van der Waals surface area contributed by atoms with Gasteiger partial charge in [-0.2, -0.15) is 4.31 Å². The van der Waals surface area contributed by atoms with Gasteiger partial charge >= 0.3 is 6.36 Å². The minimum atomic E-state index is -4.86. The van der Waals surface area contributed by atoms with Crippen LogP contribution >= 0.6 is 0 Å². The summed E-state index contributed by atoms with van der Waals surface area (Å²) < 4.78 is 73.2. The zero-order chi connectivity index (χ0) is 23.1. The Morgan fingerprint density at radius 1 is 1.00 bits per heavy atom. The van der Waals surface area contributed by atoms with Crippen LogP contribution in [0.5, 0.6) is 5.75 Å². The van der Waals surface area contributed by atoms with Gasteiger partial charge in [-0.3, -0.25) is 4.79 Å². The van der Waals surface area contributed by atoms with E-state index in [4.69, 9.17) is 4.42 Å². The number of piperazine rings is 1. The predicted octanol–water partition coefficient (Wildman–Crippen LogP) is 3.79. The number of amides is 1. The first-order chi connectivity index (χ1) is 15.1. The zero-order valence-corrected chi connectivity index (χ0v) is 17.7. The van der Waals surface area contributed by atoms with E-state index in [-0.39, 0.29) is 42.7 Å². The number of benzene rings is 2. The van der Waals surface area contributed by atoms with Crippen LogP contribution in [0, 0.1) is 6.92 Å². The Morgan fingerprint density at radius 2 is 1.62 bits per heavy atom. The molecule has 0 saturated carbocycles. The molecule has 0 N–H and O–H groups in total. The van der Waals surface area contributed by atoms with Gasteiger partial charge in [-0.1, -0.05) is 18.2 Å². The smallest absolute Gasteiger partial charge is 0.451 e. The van der Waals surface area contributed by atoms with Gasteiger partial charge in [0.1, 0.15) is 11.3 Å². The number of para-hydroxylation sites is 1. The largest absolute Gasteiger partial charge is 0.573 e. The van der Waals surface area contributed by atoms with Crippen molar-refractivity contribution in [3.8, 4) is 5.75 Å². The number of carbonyl (C=O) groups excluding carboxylic acids is 1. The molecule has 0 aliphatic carbocycles. The lowest BCUT2D eigenvalue weighted by Crippen LogP contribution is -2.50. The van der Waals surface area contributed by atoms with Crippen molar-refractivity contribution in [2.75, 3.05) is 26.2 Å². The Kier molecular flexibility index (Phi) is 5.63. The van der Waals surface area contributed by atoms with Crippen molar-refractivity contribution in [1.29, 1.82) is 0 Å². The first-order valence-corrected chi connectivity index (χ1v) is 11.1. The number of carbonyl (C=O) groups is 1. The molecule has 170 valence electrons. The monoisotopic (exact) mass is 468 g/mol. The molecule has 1 saturated heterocycles. The number of sulfonamides is 1. The average molecular weight is 468 g/mol. The third-order valence-corrected chi connectivity index (χ3v) is 7.17. The second-order valence-corrected chi connectivity index (χ2v) is 9.21. The molecule has 1 aliphatic rings. The second-order valence-electron chi connectivity index (χ2n) is 7.27. The van der Waals surface area contributed by atoms with Crippen LogP contribution in [0.3, 0.4) is 0 Å². The molecule has 7 nitrogen and oxygen atoms in total. The highest BCUT2D eigenvalue weighted by Gasteiger charge is 2.33. The van der Waals surface area contributed by atoms with Crippen LogP contribution in [0.15, 0.2) is 57.8 Å². The third-order valence-electron chi connectivity index (χ3n) is 5.26. The van der Waals surface area contributed by atoms with Crippen molar-refractivity contribution in [2.45, 2.75) is 18.2 Å². The van der Waals surface area contributed by atoms with Crippen LogP contribution in [0.25, 0.3) is 11.0 Å².